The maximum absolute atomic E-state index is 11.4. The van der Waals surface area contributed by atoms with E-state index in [1.54, 1.807) is 25.1 Å². The van der Waals surface area contributed by atoms with Crippen molar-refractivity contribution in [2.24, 2.45) is 0 Å². The highest BCUT2D eigenvalue weighted by Crippen LogP contribution is 2.36. The second kappa shape index (κ2) is 6.60. The van der Waals surface area contributed by atoms with Gasteiger partial charge in [-0.25, -0.2) is 4.79 Å². The van der Waals surface area contributed by atoms with E-state index >= 15 is 0 Å². The number of carbonyl (C=O) groups excluding carboxylic acids is 1. The van der Waals surface area contributed by atoms with Gasteiger partial charge in [-0.2, -0.15) is 0 Å². The number of ether oxygens (including phenoxy) is 1. The number of rotatable bonds is 4. The molecule has 0 radical (unpaired) electrons. The summed E-state index contributed by atoms with van der Waals surface area (Å²) in [7, 11) is 0. The standard InChI is InChI=1S/C19H16O6/c1-2-24-18(23)6-3-11-7-13-10-17(25-19(13)16(22)8-11)12-4-5-14(20)15(21)9-12/h3-10,20-22H,2H2,1H3/b6-3+. The average Bonchev–Trinajstić information content (AvgIpc) is 3.00. The van der Waals surface area contributed by atoms with Crippen LogP contribution in [0.15, 0.2) is 46.9 Å². The van der Waals surface area contributed by atoms with E-state index in [-0.39, 0.29) is 29.4 Å². The lowest BCUT2D eigenvalue weighted by atomic mass is 10.1. The fourth-order valence-electron chi connectivity index (χ4n) is 2.43. The minimum absolute atomic E-state index is 0.0738. The molecule has 6 heteroatoms. The smallest absolute Gasteiger partial charge is 0.330 e. The van der Waals surface area contributed by atoms with Crippen LogP contribution in [0.3, 0.4) is 0 Å². The molecule has 0 amide bonds. The Kier molecular flexibility index (Phi) is 4.35. The molecule has 6 nitrogen and oxygen atoms in total. The minimum Gasteiger partial charge on any atom is -0.504 e. The summed E-state index contributed by atoms with van der Waals surface area (Å²) in [5.74, 6) is -0.605. The quantitative estimate of drug-likeness (QED) is 0.379. The van der Waals surface area contributed by atoms with Crippen molar-refractivity contribution >= 4 is 23.0 Å². The van der Waals surface area contributed by atoms with Crippen molar-refractivity contribution in [1.82, 2.24) is 0 Å². The second-order valence-corrected chi connectivity index (χ2v) is 5.36. The number of furan rings is 1. The van der Waals surface area contributed by atoms with Crippen LogP contribution < -0.4 is 0 Å². The summed E-state index contributed by atoms with van der Waals surface area (Å²) in [6.07, 6.45) is 2.82. The van der Waals surface area contributed by atoms with Gasteiger partial charge in [-0.05, 0) is 55.0 Å². The van der Waals surface area contributed by atoms with Crippen molar-refractivity contribution in [2.45, 2.75) is 6.92 Å². The molecule has 0 saturated carbocycles. The van der Waals surface area contributed by atoms with Gasteiger partial charge < -0.3 is 24.5 Å². The number of aromatic hydroxyl groups is 3. The third-order valence-electron chi connectivity index (χ3n) is 3.58. The van der Waals surface area contributed by atoms with Gasteiger partial charge in [0.2, 0.25) is 0 Å². The predicted octanol–water partition coefficient (Wildman–Crippen LogP) is 3.79. The summed E-state index contributed by atoms with van der Waals surface area (Å²) in [5, 5.41) is 29.8. The number of hydrogen-bond acceptors (Lipinski definition) is 6. The largest absolute Gasteiger partial charge is 0.504 e. The Labute approximate surface area is 143 Å². The van der Waals surface area contributed by atoms with E-state index in [2.05, 4.69) is 0 Å². The van der Waals surface area contributed by atoms with Crippen molar-refractivity contribution in [2.75, 3.05) is 6.61 Å². The number of esters is 1. The molecule has 128 valence electrons. The second-order valence-electron chi connectivity index (χ2n) is 5.36. The average molecular weight is 340 g/mol. The molecule has 0 aliphatic rings. The lowest BCUT2D eigenvalue weighted by Gasteiger charge is -2.00. The molecule has 1 heterocycles. The van der Waals surface area contributed by atoms with Crippen LogP contribution in [0.1, 0.15) is 12.5 Å². The monoisotopic (exact) mass is 340 g/mol. The number of carbonyl (C=O) groups is 1. The number of benzene rings is 2. The number of phenolic OH excluding ortho intramolecular Hbond substituents is 3. The maximum atomic E-state index is 11.4. The van der Waals surface area contributed by atoms with Crippen LogP contribution >= 0.6 is 0 Å². The van der Waals surface area contributed by atoms with Gasteiger partial charge in [0.25, 0.3) is 0 Å². The highest BCUT2D eigenvalue weighted by Gasteiger charge is 2.12. The molecule has 0 spiro atoms. The Morgan fingerprint density at radius 3 is 2.60 bits per heavy atom. The van der Waals surface area contributed by atoms with E-state index in [0.717, 1.165) is 0 Å². The van der Waals surface area contributed by atoms with Crippen molar-refractivity contribution in [3.05, 3.63) is 48.0 Å². The van der Waals surface area contributed by atoms with Gasteiger partial charge >= 0.3 is 5.97 Å². The van der Waals surface area contributed by atoms with Crippen LogP contribution in [-0.4, -0.2) is 27.9 Å². The Bertz CT molecular complexity index is 967. The molecule has 0 atom stereocenters. The first-order valence-corrected chi connectivity index (χ1v) is 7.61. The van der Waals surface area contributed by atoms with Crippen LogP contribution in [0.5, 0.6) is 17.2 Å². The Morgan fingerprint density at radius 2 is 1.88 bits per heavy atom. The number of hydrogen-bond donors (Lipinski definition) is 3. The van der Waals surface area contributed by atoms with Crippen molar-refractivity contribution in [3.8, 4) is 28.6 Å². The van der Waals surface area contributed by atoms with Crippen LogP contribution in [0, 0.1) is 0 Å². The molecule has 25 heavy (non-hydrogen) atoms. The highest BCUT2D eigenvalue weighted by atomic mass is 16.5. The molecule has 0 aliphatic heterocycles. The summed E-state index contributed by atoms with van der Waals surface area (Å²) in [5.41, 5.74) is 1.45. The van der Waals surface area contributed by atoms with Gasteiger partial charge in [-0.1, -0.05) is 0 Å². The zero-order chi connectivity index (χ0) is 18.0. The van der Waals surface area contributed by atoms with E-state index in [4.69, 9.17) is 9.15 Å². The third-order valence-corrected chi connectivity index (χ3v) is 3.58. The van der Waals surface area contributed by atoms with E-state index in [1.807, 2.05) is 0 Å². The van der Waals surface area contributed by atoms with Crippen LogP contribution in [0.25, 0.3) is 28.4 Å². The predicted molar refractivity (Wildman–Crippen MR) is 92.3 cm³/mol. The zero-order valence-corrected chi connectivity index (χ0v) is 13.4. The molecule has 0 unspecified atom stereocenters. The fraction of sp³-hybridized carbons (Fsp3) is 0.105. The first kappa shape index (κ1) is 16.4. The molecule has 0 bridgehead atoms. The van der Waals surface area contributed by atoms with E-state index < -0.39 is 5.97 Å². The van der Waals surface area contributed by atoms with Gasteiger partial charge in [-0.3, -0.25) is 0 Å². The maximum Gasteiger partial charge on any atom is 0.330 e. The molecule has 3 rings (SSSR count). The lowest BCUT2D eigenvalue weighted by molar-refractivity contribution is -0.137. The summed E-state index contributed by atoms with van der Waals surface area (Å²) in [6.45, 7) is 2.01. The zero-order valence-electron chi connectivity index (χ0n) is 13.4. The van der Waals surface area contributed by atoms with Crippen molar-refractivity contribution in [3.63, 3.8) is 0 Å². The first-order chi connectivity index (χ1) is 12.0. The molecule has 2 aromatic carbocycles. The SMILES string of the molecule is CCOC(=O)/C=C/c1cc(O)c2oc(-c3ccc(O)c(O)c3)cc2c1. The molecule has 3 N–H and O–H groups in total. The summed E-state index contributed by atoms with van der Waals surface area (Å²) in [6, 6.07) is 9.22. The number of fused-ring (bicyclic) bond motifs is 1. The van der Waals surface area contributed by atoms with Gasteiger partial charge in [-0.15, -0.1) is 0 Å². The normalized spacial score (nSPS) is 11.2. The lowest BCUT2D eigenvalue weighted by Crippen LogP contribution is -1.98. The van der Waals surface area contributed by atoms with Crippen LogP contribution in [0.4, 0.5) is 0 Å². The highest BCUT2D eigenvalue weighted by molar-refractivity contribution is 5.92. The van der Waals surface area contributed by atoms with Gasteiger partial charge in [0.15, 0.2) is 22.8 Å². The summed E-state index contributed by atoms with van der Waals surface area (Å²) in [4.78, 5) is 11.4. The Morgan fingerprint density at radius 1 is 1.08 bits per heavy atom. The van der Waals surface area contributed by atoms with E-state index in [0.29, 0.717) is 22.3 Å². The number of phenols is 3. The van der Waals surface area contributed by atoms with Crippen molar-refractivity contribution < 1.29 is 29.3 Å². The summed E-state index contributed by atoms with van der Waals surface area (Å²) < 4.78 is 10.5. The third kappa shape index (κ3) is 3.42. The van der Waals surface area contributed by atoms with Crippen LogP contribution in [-0.2, 0) is 9.53 Å². The van der Waals surface area contributed by atoms with Crippen LogP contribution in [0.2, 0.25) is 0 Å². The first-order valence-electron chi connectivity index (χ1n) is 7.61. The van der Waals surface area contributed by atoms with Gasteiger partial charge in [0.05, 0.1) is 6.61 Å². The Balaban J connectivity index is 1.98. The van der Waals surface area contributed by atoms with E-state index in [9.17, 15) is 20.1 Å². The Hall–Kier alpha value is -3.41. The molecule has 3 aromatic rings. The van der Waals surface area contributed by atoms with Crippen molar-refractivity contribution in [1.29, 1.82) is 0 Å². The molecular formula is C19H16O6. The molecule has 1 aromatic heterocycles. The molecule has 0 saturated heterocycles. The van der Waals surface area contributed by atoms with E-state index in [1.165, 1.54) is 30.4 Å². The molecule has 0 fully saturated rings. The van der Waals surface area contributed by atoms with Gasteiger partial charge in [0, 0.05) is 17.0 Å². The topological polar surface area (TPSA) is 100 Å². The summed E-state index contributed by atoms with van der Waals surface area (Å²) >= 11 is 0. The minimum atomic E-state index is -0.463. The molecular weight excluding hydrogens is 324 g/mol. The van der Waals surface area contributed by atoms with Gasteiger partial charge in [0.1, 0.15) is 5.76 Å². The fourth-order valence-corrected chi connectivity index (χ4v) is 2.43. The molecule has 0 aliphatic carbocycles.